The molecule has 0 unspecified atom stereocenters. The van der Waals surface area contributed by atoms with Crippen LogP contribution in [0.5, 0.6) is 11.5 Å². The topological polar surface area (TPSA) is 35.5 Å². The summed E-state index contributed by atoms with van der Waals surface area (Å²) in [6.45, 7) is 5.71. The number of benzene rings is 1. The van der Waals surface area contributed by atoms with E-state index in [1.165, 1.54) is 12.8 Å². The van der Waals surface area contributed by atoms with E-state index >= 15 is 0 Å². The normalized spacial score (nSPS) is 13.3. The van der Waals surface area contributed by atoms with E-state index in [1.54, 1.807) is 0 Å². The Morgan fingerprint density at radius 3 is 2.29 bits per heavy atom. The number of hydrogen-bond donors (Lipinski definition) is 0. The Kier molecular flexibility index (Phi) is 6.09. The van der Waals surface area contributed by atoms with Gasteiger partial charge in [-0.25, -0.2) is 0 Å². The standard InChI is InChI=1S/C18H26O3/c1-3-5-7-11-21-17-12-14-8-9-16(19)15(14)13-18(17)20-10-6-4-2/h12-13H,3-11H2,1-2H3. The maximum absolute atomic E-state index is 11.9. The lowest BCUT2D eigenvalue weighted by atomic mass is 10.1. The van der Waals surface area contributed by atoms with Crippen LogP contribution in [0, 0.1) is 0 Å². The molecule has 0 fully saturated rings. The molecule has 0 N–H and O–H groups in total. The third-order valence-corrected chi connectivity index (χ3v) is 3.85. The Morgan fingerprint density at radius 1 is 0.905 bits per heavy atom. The molecule has 3 heteroatoms. The minimum atomic E-state index is 0.225. The quantitative estimate of drug-likeness (QED) is 0.625. The zero-order valence-corrected chi connectivity index (χ0v) is 13.2. The second kappa shape index (κ2) is 8.06. The molecule has 0 saturated carbocycles. The summed E-state index contributed by atoms with van der Waals surface area (Å²) in [4.78, 5) is 11.9. The monoisotopic (exact) mass is 290 g/mol. The highest BCUT2D eigenvalue weighted by atomic mass is 16.5. The largest absolute Gasteiger partial charge is 0.490 e. The van der Waals surface area contributed by atoms with E-state index in [9.17, 15) is 4.79 Å². The minimum Gasteiger partial charge on any atom is -0.490 e. The first-order valence-corrected chi connectivity index (χ1v) is 8.22. The molecule has 0 bridgehead atoms. The van der Waals surface area contributed by atoms with Crippen molar-refractivity contribution >= 4 is 5.78 Å². The fourth-order valence-electron chi connectivity index (χ4n) is 2.54. The van der Waals surface area contributed by atoms with Crippen LogP contribution in [0.1, 0.15) is 68.3 Å². The second-order valence-electron chi connectivity index (χ2n) is 5.64. The van der Waals surface area contributed by atoms with Gasteiger partial charge in [-0.05, 0) is 37.0 Å². The number of carbonyl (C=O) groups excluding carboxylic acids is 1. The third-order valence-electron chi connectivity index (χ3n) is 3.85. The zero-order chi connectivity index (χ0) is 15.1. The van der Waals surface area contributed by atoms with E-state index in [4.69, 9.17) is 9.47 Å². The van der Waals surface area contributed by atoms with Gasteiger partial charge >= 0.3 is 0 Å². The highest BCUT2D eigenvalue weighted by molar-refractivity contribution is 6.01. The molecule has 0 spiro atoms. The molecular formula is C18H26O3. The van der Waals surface area contributed by atoms with Crippen LogP contribution >= 0.6 is 0 Å². The van der Waals surface area contributed by atoms with Gasteiger partial charge in [0.1, 0.15) is 0 Å². The molecule has 0 aromatic heterocycles. The fourth-order valence-corrected chi connectivity index (χ4v) is 2.54. The molecule has 1 aliphatic carbocycles. The van der Waals surface area contributed by atoms with Crippen molar-refractivity contribution in [2.24, 2.45) is 0 Å². The Bertz CT molecular complexity index is 480. The number of Topliss-reactive ketones (excluding diaryl/α,β-unsaturated/α-hetero) is 1. The van der Waals surface area contributed by atoms with Crippen molar-refractivity contribution in [2.45, 2.75) is 58.8 Å². The molecule has 3 nitrogen and oxygen atoms in total. The van der Waals surface area contributed by atoms with Crippen molar-refractivity contribution in [1.82, 2.24) is 0 Å². The van der Waals surface area contributed by atoms with Crippen molar-refractivity contribution in [3.63, 3.8) is 0 Å². The summed E-state index contributed by atoms with van der Waals surface area (Å²) in [5, 5.41) is 0. The SMILES string of the molecule is CCCCCOc1cc2c(cc1OCCCC)C(=O)CC2. The van der Waals surface area contributed by atoms with Crippen LogP contribution in [0.4, 0.5) is 0 Å². The van der Waals surface area contributed by atoms with Crippen LogP contribution in [0.3, 0.4) is 0 Å². The third kappa shape index (κ3) is 4.23. The van der Waals surface area contributed by atoms with Crippen LogP contribution in [-0.2, 0) is 6.42 Å². The molecule has 2 rings (SSSR count). The number of ether oxygens (including phenoxy) is 2. The molecule has 1 aliphatic rings. The lowest BCUT2D eigenvalue weighted by molar-refractivity contribution is 0.0994. The van der Waals surface area contributed by atoms with E-state index < -0.39 is 0 Å². The number of ketones is 1. The number of unbranched alkanes of at least 4 members (excludes halogenated alkanes) is 3. The summed E-state index contributed by atoms with van der Waals surface area (Å²) in [5.41, 5.74) is 1.93. The predicted octanol–water partition coefficient (Wildman–Crippen LogP) is 4.56. The number of hydrogen-bond acceptors (Lipinski definition) is 3. The van der Waals surface area contributed by atoms with Crippen LogP contribution in [0.25, 0.3) is 0 Å². The summed E-state index contributed by atoms with van der Waals surface area (Å²) in [5.74, 6) is 1.76. The molecule has 21 heavy (non-hydrogen) atoms. The van der Waals surface area contributed by atoms with Gasteiger partial charge in [0.25, 0.3) is 0 Å². The van der Waals surface area contributed by atoms with Gasteiger partial charge in [0.05, 0.1) is 13.2 Å². The maximum atomic E-state index is 11.9. The Morgan fingerprint density at radius 2 is 1.57 bits per heavy atom. The lowest BCUT2D eigenvalue weighted by Gasteiger charge is -2.14. The van der Waals surface area contributed by atoms with Gasteiger partial charge in [0, 0.05) is 12.0 Å². The van der Waals surface area contributed by atoms with Crippen molar-refractivity contribution in [3.05, 3.63) is 23.3 Å². The van der Waals surface area contributed by atoms with Gasteiger partial charge in [-0.1, -0.05) is 33.1 Å². The lowest BCUT2D eigenvalue weighted by Crippen LogP contribution is -2.04. The van der Waals surface area contributed by atoms with Gasteiger partial charge in [0.2, 0.25) is 0 Å². The second-order valence-corrected chi connectivity index (χ2v) is 5.64. The summed E-state index contributed by atoms with van der Waals surface area (Å²) in [7, 11) is 0. The van der Waals surface area contributed by atoms with Gasteiger partial charge in [0.15, 0.2) is 17.3 Å². The van der Waals surface area contributed by atoms with Gasteiger partial charge in [-0.15, -0.1) is 0 Å². The summed E-state index contributed by atoms with van der Waals surface area (Å²) >= 11 is 0. The van der Waals surface area contributed by atoms with Crippen molar-refractivity contribution in [2.75, 3.05) is 13.2 Å². The molecule has 0 radical (unpaired) electrons. The summed E-state index contributed by atoms with van der Waals surface area (Å²) < 4.78 is 11.7. The van der Waals surface area contributed by atoms with Crippen molar-refractivity contribution < 1.29 is 14.3 Å². The van der Waals surface area contributed by atoms with E-state index in [0.717, 1.165) is 48.3 Å². The number of fused-ring (bicyclic) bond motifs is 1. The van der Waals surface area contributed by atoms with Crippen LogP contribution in [0.2, 0.25) is 0 Å². The van der Waals surface area contributed by atoms with Crippen molar-refractivity contribution in [3.8, 4) is 11.5 Å². The van der Waals surface area contributed by atoms with Crippen LogP contribution in [-0.4, -0.2) is 19.0 Å². The average Bonchev–Trinajstić information content (AvgIpc) is 2.84. The number of aryl methyl sites for hydroxylation is 1. The van der Waals surface area contributed by atoms with Crippen LogP contribution < -0.4 is 9.47 Å². The first kappa shape index (κ1) is 15.9. The Hall–Kier alpha value is -1.51. The Labute approximate surface area is 127 Å². The molecule has 0 heterocycles. The van der Waals surface area contributed by atoms with Gasteiger partial charge in [-0.2, -0.15) is 0 Å². The maximum Gasteiger partial charge on any atom is 0.163 e. The van der Waals surface area contributed by atoms with Crippen molar-refractivity contribution in [1.29, 1.82) is 0 Å². The molecule has 0 aliphatic heterocycles. The smallest absolute Gasteiger partial charge is 0.163 e. The van der Waals surface area contributed by atoms with Gasteiger partial charge < -0.3 is 9.47 Å². The van der Waals surface area contributed by atoms with Gasteiger partial charge in [-0.3, -0.25) is 4.79 Å². The first-order valence-electron chi connectivity index (χ1n) is 8.22. The highest BCUT2D eigenvalue weighted by Gasteiger charge is 2.22. The molecule has 116 valence electrons. The summed E-state index contributed by atoms with van der Waals surface area (Å²) in [6.07, 6.45) is 6.97. The molecular weight excluding hydrogens is 264 g/mol. The Balaban J connectivity index is 2.09. The van der Waals surface area contributed by atoms with E-state index in [0.29, 0.717) is 19.6 Å². The zero-order valence-electron chi connectivity index (χ0n) is 13.2. The molecule has 1 aromatic rings. The van der Waals surface area contributed by atoms with E-state index in [1.807, 2.05) is 12.1 Å². The predicted molar refractivity (Wildman–Crippen MR) is 84.5 cm³/mol. The van der Waals surface area contributed by atoms with Crippen LogP contribution in [0.15, 0.2) is 12.1 Å². The minimum absolute atomic E-state index is 0.225. The van der Waals surface area contributed by atoms with E-state index in [2.05, 4.69) is 13.8 Å². The van der Waals surface area contributed by atoms with E-state index in [-0.39, 0.29) is 5.78 Å². The first-order chi connectivity index (χ1) is 10.3. The highest BCUT2D eigenvalue weighted by Crippen LogP contribution is 2.35. The number of carbonyl (C=O) groups is 1. The molecule has 1 aromatic carbocycles. The summed E-state index contributed by atoms with van der Waals surface area (Å²) in [6, 6.07) is 3.89. The average molecular weight is 290 g/mol. The molecule has 0 amide bonds. The molecule has 0 atom stereocenters. The fraction of sp³-hybridized carbons (Fsp3) is 0.611. The molecule has 0 saturated heterocycles. The number of rotatable bonds is 9.